The number of thioether (sulfide) groups is 1. The topological polar surface area (TPSA) is 29.5 Å². The van der Waals surface area contributed by atoms with E-state index in [1.165, 1.54) is 16.0 Å². The molecule has 1 amide bonds. The molecule has 0 spiro atoms. The molecular formula is C24H23NO2S. The van der Waals surface area contributed by atoms with Crippen LogP contribution < -0.4 is 4.74 Å². The van der Waals surface area contributed by atoms with Crippen molar-refractivity contribution in [1.29, 1.82) is 0 Å². The van der Waals surface area contributed by atoms with Crippen molar-refractivity contribution in [3.05, 3.63) is 95.6 Å². The van der Waals surface area contributed by atoms with Gasteiger partial charge in [-0.2, -0.15) is 0 Å². The van der Waals surface area contributed by atoms with Crippen molar-refractivity contribution in [3.63, 3.8) is 0 Å². The lowest BCUT2D eigenvalue weighted by Gasteiger charge is -2.29. The zero-order valence-corrected chi connectivity index (χ0v) is 16.5. The van der Waals surface area contributed by atoms with Gasteiger partial charge in [-0.15, -0.1) is 11.8 Å². The number of amides is 1. The molecule has 1 aliphatic rings. The Hall–Kier alpha value is -2.72. The second kappa shape index (κ2) is 8.98. The minimum absolute atomic E-state index is 0.0840. The first-order chi connectivity index (χ1) is 13.8. The van der Waals surface area contributed by atoms with E-state index in [9.17, 15) is 4.79 Å². The highest BCUT2D eigenvalue weighted by atomic mass is 32.2. The molecule has 1 heterocycles. The van der Waals surface area contributed by atoms with E-state index in [1.54, 1.807) is 11.8 Å². The van der Waals surface area contributed by atoms with Crippen LogP contribution in [0.25, 0.3) is 0 Å². The Bertz CT molecular complexity index is 925. The number of ether oxygens (including phenoxy) is 1. The van der Waals surface area contributed by atoms with E-state index in [0.29, 0.717) is 18.7 Å². The summed E-state index contributed by atoms with van der Waals surface area (Å²) in [5, 5.41) is 0. The van der Waals surface area contributed by atoms with Crippen LogP contribution >= 0.6 is 11.8 Å². The summed E-state index contributed by atoms with van der Waals surface area (Å²) in [6.07, 6.45) is 0.919. The Morgan fingerprint density at radius 3 is 2.39 bits per heavy atom. The van der Waals surface area contributed by atoms with Crippen LogP contribution in [0, 0.1) is 0 Å². The minimum Gasteiger partial charge on any atom is -0.493 e. The largest absolute Gasteiger partial charge is 0.493 e. The molecule has 28 heavy (non-hydrogen) atoms. The molecule has 4 heteroatoms. The monoisotopic (exact) mass is 389 g/mol. The molecule has 0 aromatic heterocycles. The highest BCUT2D eigenvalue weighted by molar-refractivity contribution is 7.99. The smallest absolute Gasteiger partial charge is 0.254 e. The molecule has 0 N–H and O–H groups in total. The fraction of sp³-hybridized carbons (Fsp3) is 0.208. The van der Waals surface area contributed by atoms with Gasteiger partial charge >= 0.3 is 0 Å². The molecule has 0 atom stereocenters. The molecule has 0 unspecified atom stereocenters. The van der Waals surface area contributed by atoms with Crippen molar-refractivity contribution in [1.82, 2.24) is 4.90 Å². The quantitative estimate of drug-likeness (QED) is 0.436. The van der Waals surface area contributed by atoms with Gasteiger partial charge in [-0.25, -0.2) is 0 Å². The van der Waals surface area contributed by atoms with E-state index in [1.807, 2.05) is 53.4 Å². The second-order valence-electron chi connectivity index (χ2n) is 6.78. The first kappa shape index (κ1) is 18.6. The van der Waals surface area contributed by atoms with E-state index in [0.717, 1.165) is 24.5 Å². The maximum Gasteiger partial charge on any atom is 0.254 e. The maximum absolute atomic E-state index is 12.8. The first-order valence-electron chi connectivity index (χ1n) is 9.56. The number of carbonyl (C=O) groups is 1. The molecule has 3 aromatic rings. The Balaban J connectivity index is 1.29. The average molecular weight is 390 g/mol. The molecular weight excluding hydrogens is 366 g/mol. The lowest BCUT2D eigenvalue weighted by atomic mass is 9.99. The minimum atomic E-state index is 0.0840. The number of fused-ring (bicyclic) bond motifs is 1. The molecule has 0 saturated heterocycles. The summed E-state index contributed by atoms with van der Waals surface area (Å²) in [5.41, 5.74) is 3.31. The van der Waals surface area contributed by atoms with Crippen molar-refractivity contribution < 1.29 is 9.53 Å². The molecule has 0 bridgehead atoms. The predicted octanol–water partition coefficient (Wildman–Crippen LogP) is 5.06. The molecule has 0 fully saturated rings. The van der Waals surface area contributed by atoms with Crippen molar-refractivity contribution in [3.8, 4) is 5.75 Å². The fourth-order valence-electron chi connectivity index (χ4n) is 3.38. The van der Waals surface area contributed by atoms with Gasteiger partial charge in [-0.05, 0) is 53.9 Å². The molecule has 3 aromatic carbocycles. The van der Waals surface area contributed by atoms with Gasteiger partial charge in [0.15, 0.2) is 0 Å². The Morgan fingerprint density at radius 2 is 1.61 bits per heavy atom. The molecule has 0 saturated carbocycles. The molecule has 4 rings (SSSR count). The number of rotatable bonds is 6. The van der Waals surface area contributed by atoms with Crippen LogP contribution in [-0.4, -0.2) is 29.7 Å². The van der Waals surface area contributed by atoms with Crippen molar-refractivity contribution in [2.75, 3.05) is 18.9 Å². The van der Waals surface area contributed by atoms with Gasteiger partial charge in [0.25, 0.3) is 5.91 Å². The number of hydrogen-bond donors (Lipinski definition) is 0. The average Bonchev–Trinajstić information content (AvgIpc) is 2.77. The van der Waals surface area contributed by atoms with Gasteiger partial charge in [0.05, 0.1) is 6.61 Å². The highest BCUT2D eigenvalue weighted by Crippen LogP contribution is 2.22. The molecule has 3 nitrogen and oxygen atoms in total. The lowest BCUT2D eigenvalue weighted by Crippen LogP contribution is -2.35. The van der Waals surface area contributed by atoms with Crippen molar-refractivity contribution in [2.24, 2.45) is 0 Å². The Kier molecular flexibility index (Phi) is 5.98. The van der Waals surface area contributed by atoms with Crippen LogP contribution in [0.5, 0.6) is 5.75 Å². The van der Waals surface area contributed by atoms with Crippen LogP contribution in [0.3, 0.4) is 0 Å². The fourth-order valence-corrected chi connectivity index (χ4v) is 4.13. The second-order valence-corrected chi connectivity index (χ2v) is 7.95. The van der Waals surface area contributed by atoms with E-state index < -0.39 is 0 Å². The number of benzene rings is 3. The SMILES string of the molecule is O=C(c1ccc(OCCSc2ccccc2)cc1)N1CCc2ccccc2C1. The Morgan fingerprint density at radius 1 is 0.893 bits per heavy atom. The summed E-state index contributed by atoms with van der Waals surface area (Å²) in [5.74, 6) is 1.77. The van der Waals surface area contributed by atoms with Gasteiger partial charge in [0.1, 0.15) is 5.75 Å². The normalized spacial score (nSPS) is 13.1. The predicted molar refractivity (Wildman–Crippen MR) is 114 cm³/mol. The standard InChI is InChI=1S/C24H23NO2S/c26-24(25-15-14-19-6-4-5-7-21(19)18-25)20-10-12-22(13-11-20)27-16-17-28-23-8-2-1-3-9-23/h1-13H,14-18H2. The highest BCUT2D eigenvalue weighted by Gasteiger charge is 2.21. The van der Waals surface area contributed by atoms with Crippen LogP contribution in [0.4, 0.5) is 0 Å². The molecule has 142 valence electrons. The zero-order valence-electron chi connectivity index (χ0n) is 15.7. The summed E-state index contributed by atoms with van der Waals surface area (Å²) in [6, 6.07) is 26.2. The van der Waals surface area contributed by atoms with E-state index >= 15 is 0 Å². The summed E-state index contributed by atoms with van der Waals surface area (Å²) in [7, 11) is 0. The zero-order chi connectivity index (χ0) is 19.2. The maximum atomic E-state index is 12.8. The van der Waals surface area contributed by atoms with Crippen LogP contribution in [0.15, 0.2) is 83.8 Å². The number of hydrogen-bond acceptors (Lipinski definition) is 3. The first-order valence-corrected chi connectivity index (χ1v) is 10.5. The van der Waals surface area contributed by atoms with Gasteiger partial charge in [0, 0.05) is 29.3 Å². The molecule has 0 aliphatic carbocycles. The van der Waals surface area contributed by atoms with E-state index in [4.69, 9.17) is 4.74 Å². The Labute approximate surface area is 170 Å². The van der Waals surface area contributed by atoms with Crippen LogP contribution in [0.2, 0.25) is 0 Å². The number of nitrogens with zero attached hydrogens (tertiary/aromatic N) is 1. The summed E-state index contributed by atoms with van der Waals surface area (Å²) >= 11 is 1.78. The van der Waals surface area contributed by atoms with Crippen LogP contribution in [-0.2, 0) is 13.0 Å². The lowest BCUT2D eigenvalue weighted by molar-refractivity contribution is 0.0734. The molecule has 0 radical (unpaired) electrons. The van der Waals surface area contributed by atoms with Crippen molar-refractivity contribution in [2.45, 2.75) is 17.9 Å². The summed E-state index contributed by atoms with van der Waals surface area (Å²) < 4.78 is 5.81. The van der Waals surface area contributed by atoms with Gasteiger partial charge in [0.2, 0.25) is 0 Å². The van der Waals surface area contributed by atoms with E-state index in [2.05, 4.69) is 30.3 Å². The van der Waals surface area contributed by atoms with Gasteiger partial charge in [-0.1, -0.05) is 42.5 Å². The third-order valence-electron chi connectivity index (χ3n) is 4.88. The summed E-state index contributed by atoms with van der Waals surface area (Å²) in [4.78, 5) is 16.0. The number of carbonyl (C=O) groups excluding carboxylic acids is 1. The molecule has 1 aliphatic heterocycles. The summed E-state index contributed by atoms with van der Waals surface area (Å²) in [6.45, 7) is 2.09. The van der Waals surface area contributed by atoms with Gasteiger partial charge in [-0.3, -0.25) is 4.79 Å². The third kappa shape index (κ3) is 4.57. The van der Waals surface area contributed by atoms with E-state index in [-0.39, 0.29) is 5.91 Å². The van der Waals surface area contributed by atoms with Crippen molar-refractivity contribution >= 4 is 17.7 Å². The van der Waals surface area contributed by atoms with Gasteiger partial charge < -0.3 is 9.64 Å². The van der Waals surface area contributed by atoms with Crippen LogP contribution in [0.1, 0.15) is 21.5 Å². The third-order valence-corrected chi connectivity index (χ3v) is 5.86.